The van der Waals surface area contributed by atoms with Crippen molar-refractivity contribution in [3.05, 3.63) is 71.9 Å². The van der Waals surface area contributed by atoms with Crippen LogP contribution in [0.5, 0.6) is 5.75 Å². The molecule has 3 aromatic rings. The molecule has 0 amide bonds. The fourth-order valence-electron chi connectivity index (χ4n) is 2.23. The van der Waals surface area contributed by atoms with Crippen molar-refractivity contribution in [1.29, 1.82) is 0 Å². The number of hydrogen-bond acceptors (Lipinski definition) is 2. The monoisotopic (exact) mass is 249 g/mol. The van der Waals surface area contributed by atoms with Gasteiger partial charge in [0.05, 0.1) is 5.52 Å². The molecule has 0 aliphatic heterocycles. The lowest BCUT2D eigenvalue weighted by atomic mass is 10.1. The largest absolute Gasteiger partial charge is 0.508 e. The van der Waals surface area contributed by atoms with Crippen LogP contribution in [0, 0.1) is 0 Å². The van der Waals surface area contributed by atoms with Gasteiger partial charge in [-0.25, -0.2) is 0 Å². The van der Waals surface area contributed by atoms with Gasteiger partial charge in [-0.15, -0.1) is 0 Å². The van der Waals surface area contributed by atoms with Gasteiger partial charge in [0.1, 0.15) is 5.75 Å². The first-order chi connectivity index (χ1) is 9.31. The van der Waals surface area contributed by atoms with Crippen LogP contribution in [-0.4, -0.2) is 10.1 Å². The van der Waals surface area contributed by atoms with E-state index in [4.69, 9.17) is 0 Å². The Morgan fingerprint density at radius 1 is 0.842 bits per heavy atom. The lowest BCUT2D eigenvalue weighted by Crippen LogP contribution is -1.94. The van der Waals surface area contributed by atoms with Gasteiger partial charge in [0.2, 0.25) is 0 Å². The number of aryl methyl sites for hydroxylation is 2. The first kappa shape index (κ1) is 11.7. The molecule has 2 aromatic carbocycles. The number of nitrogens with zero attached hydrogens (tertiary/aromatic N) is 1. The average Bonchev–Trinajstić information content (AvgIpc) is 2.45. The van der Waals surface area contributed by atoms with Gasteiger partial charge in [-0.1, -0.05) is 36.4 Å². The molecule has 0 radical (unpaired) electrons. The zero-order valence-corrected chi connectivity index (χ0v) is 10.6. The summed E-state index contributed by atoms with van der Waals surface area (Å²) in [4.78, 5) is 4.65. The number of aromatic hydroxyl groups is 1. The molecule has 1 heterocycles. The van der Waals surface area contributed by atoms with Crippen molar-refractivity contribution >= 4 is 10.9 Å². The second kappa shape index (κ2) is 5.11. The molecular formula is C17H15NO. The number of pyridine rings is 1. The van der Waals surface area contributed by atoms with Gasteiger partial charge in [0, 0.05) is 11.1 Å². The molecule has 0 unspecified atom stereocenters. The van der Waals surface area contributed by atoms with Gasteiger partial charge in [-0.2, -0.15) is 0 Å². The molecule has 94 valence electrons. The topological polar surface area (TPSA) is 33.1 Å². The van der Waals surface area contributed by atoms with Crippen molar-refractivity contribution in [2.75, 3.05) is 0 Å². The number of benzene rings is 2. The Morgan fingerprint density at radius 3 is 2.63 bits per heavy atom. The number of fused-ring (bicyclic) bond motifs is 1. The summed E-state index contributed by atoms with van der Waals surface area (Å²) in [5.74, 6) is 0.323. The van der Waals surface area contributed by atoms with Crippen LogP contribution in [0.1, 0.15) is 11.3 Å². The Morgan fingerprint density at radius 2 is 1.74 bits per heavy atom. The van der Waals surface area contributed by atoms with E-state index in [1.807, 2.05) is 30.3 Å². The highest BCUT2D eigenvalue weighted by molar-refractivity contribution is 5.78. The van der Waals surface area contributed by atoms with E-state index in [9.17, 15) is 5.11 Å². The summed E-state index contributed by atoms with van der Waals surface area (Å²) >= 11 is 0. The SMILES string of the molecule is Oc1cccc(CCc2ccc3ccccc3n2)c1. The van der Waals surface area contributed by atoms with Crippen LogP contribution in [0.25, 0.3) is 10.9 Å². The number of hydrogen-bond donors (Lipinski definition) is 1. The molecule has 1 N–H and O–H groups in total. The Labute approximate surface area is 112 Å². The highest BCUT2D eigenvalue weighted by Crippen LogP contribution is 2.15. The van der Waals surface area contributed by atoms with Crippen LogP contribution in [0.2, 0.25) is 0 Å². The maximum atomic E-state index is 9.44. The summed E-state index contributed by atoms with van der Waals surface area (Å²) in [6.45, 7) is 0. The number of para-hydroxylation sites is 1. The van der Waals surface area contributed by atoms with E-state index in [1.165, 1.54) is 5.39 Å². The van der Waals surface area contributed by atoms with E-state index in [2.05, 4.69) is 23.2 Å². The van der Waals surface area contributed by atoms with E-state index >= 15 is 0 Å². The third-order valence-electron chi connectivity index (χ3n) is 3.24. The third-order valence-corrected chi connectivity index (χ3v) is 3.24. The predicted molar refractivity (Wildman–Crippen MR) is 77.3 cm³/mol. The smallest absolute Gasteiger partial charge is 0.115 e. The number of aromatic nitrogens is 1. The van der Waals surface area contributed by atoms with E-state index in [-0.39, 0.29) is 0 Å². The zero-order chi connectivity index (χ0) is 13.1. The molecule has 0 fully saturated rings. The Kier molecular flexibility index (Phi) is 3.15. The van der Waals surface area contributed by atoms with E-state index in [0.29, 0.717) is 5.75 Å². The standard InChI is InChI=1S/C17H15NO/c19-16-6-3-4-13(12-16)8-10-15-11-9-14-5-1-2-7-17(14)18-15/h1-7,9,11-12,19H,8,10H2. The van der Waals surface area contributed by atoms with Gasteiger partial charge in [0.25, 0.3) is 0 Å². The summed E-state index contributed by atoms with van der Waals surface area (Å²) in [6, 6.07) is 19.7. The molecule has 0 saturated heterocycles. The van der Waals surface area contributed by atoms with Crippen molar-refractivity contribution in [3.63, 3.8) is 0 Å². The molecule has 2 nitrogen and oxygen atoms in total. The molecule has 0 spiro atoms. The first-order valence-electron chi connectivity index (χ1n) is 6.44. The number of phenols is 1. The lowest BCUT2D eigenvalue weighted by molar-refractivity contribution is 0.474. The second-order valence-electron chi connectivity index (χ2n) is 4.67. The van der Waals surface area contributed by atoms with Crippen molar-refractivity contribution < 1.29 is 5.11 Å². The van der Waals surface area contributed by atoms with Crippen molar-refractivity contribution in [3.8, 4) is 5.75 Å². The number of phenolic OH excluding ortho intramolecular Hbond substituents is 1. The highest BCUT2D eigenvalue weighted by Gasteiger charge is 2.00. The minimum absolute atomic E-state index is 0.323. The fourth-order valence-corrected chi connectivity index (χ4v) is 2.23. The summed E-state index contributed by atoms with van der Waals surface area (Å²) < 4.78 is 0. The average molecular weight is 249 g/mol. The predicted octanol–water partition coefficient (Wildman–Crippen LogP) is 3.73. The first-order valence-corrected chi connectivity index (χ1v) is 6.44. The van der Waals surface area contributed by atoms with E-state index in [0.717, 1.165) is 29.6 Å². The fraction of sp³-hybridized carbons (Fsp3) is 0.118. The highest BCUT2D eigenvalue weighted by atomic mass is 16.3. The Balaban J connectivity index is 1.78. The summed E-state index contributed by atoms with van der Waals surface area (Å²) in [6.07, 6.45) is 1.77. The molecule has 0 aliphatic rings. The van der Waals surface area contributed by atoms with Crippen LogP contribution in [0.4, 0.5) is 0 Å². The molecule has 0 atom stereocenters. The zero-order valence-electron chi connectivity index (χ0n) is 10.6. The second-order valence-corrected chi connectivity index (χ2v) is 4.67. The van der Waals surface area contributed by atoms with Crippen molar-refractivity contribution in [2.45, 2.75) is 12.8 Å². The molecular weight excluding hydrogens is 234 g/mol. The normalized spacial score (nSPS) is 10.7. The van der Waals surface area contributed by atoms with Crippen LogP contribution < -0.4 is 0 Å². The molecule has 0 aliphatic carbocycles. The molecule has 3 rings (SSSR count). The molecule has 1 aromatic heterocycles. The van der Waals surface area contributed by atoms with Crippen LogP contribution in [-0.2, 0) is 12.8 Å². The van der Waals surface area contributed by atoms with Gasteiger partial charge in [0.15, 0.2) is 0 Å². The van der Waals surface area contributed by atoms with Gasteiger partial charge >= 0.3 is 0 Å². The molecule has 0 saturated carbocycles. The molecule has 0 bridgehead atoms. The minimum Gasteiger partial charge on any atom is -0.508 e. The summed E-state index contributed by atoms with van der Waals surface area (Å²) in [7, 11) is 0. The van der Waals surface area contributed by atoms with Crippen molar-refractivity contribution in [1.82, 2.24) is 4.98 Å². The quantitative estimate of drug-likeness (QED) is 0.767. The Bertz CT molecular complexity index is 706. The molecule has 19 heavy (non-hydrogen) atoms. The van der Waals surface area contributed by atoms with Crippen LogP contribution in [0.3, 0.4) is 0 Å². The maximum Gasteiger partial charge on any atom is 0.115 e. The lowest BCUT2D eigenvalue weighted by Gasteiger charge is -2.04. The Hall–Kier alpha value is -2.35. The van der Waals surface area contributed by atoms with Crippen LogP contribution in [0.15, 0.2) is 60.7 Å². The van der Waals surface area contributed by atoms with E-state index < -0.39 is 0 Å². The third kappa shape index (κ3) is 2.74. The van der Waals surface area contributed by atoms with Gasteiger partial charge in [-0.05, 0) is 42.7 Å². The van der Waals surface area contributed by atoms with Gasteiger partial charge in [-0.3, -0.25) is 4.98 Å². The minimum atomic E-state index is 0.323. The number of rotatable bonds is 3. The summed E-state index contributed by atoms with van der Waals surface area (Å²) in [5, 5.41) is 10.6. The van der Waals surface area contributed by atoms with Crippen molar-refractivity contribution in [2.24, 2.45) is 0 Å². The van der Waals surface area contributed by atoms with Crippen LogP contribution >= 0.6 is 0 Å². The van der Waals surface area contributed by atoms with Gasteiger partial charge < -0.3 is 5.11 Å². The summed E-state index contributed by atoms with van der Waals surface area (Å²) in [5.41, 5.74) is 3.26. The maximum absolute atomic E-state index is 9.44. The van der Waals surface area contributed by atoms with E-state index in [1.54, 1.807) is 12.1 Å². The molecule has 2 heteroatoms.